The molecule has 9 rings (SSSR count). The lowest BCUT2D eigenvalue weighted by Gasteiger charge is -2.11. The summed E-state index contributed by atoms with van der Waals surface area (Å²) in [4.78, 5) is 14.3. The molecule has 0 N–H and O–H groups in total. The van der Waals surface area contributed by atoms with Crippen molar-refractivity contribution in [2.75, 3.05) is 0 Å². The lowest BCUT2D eigenvalue weighted by atomic mass is 9.95. The highest BCUT2D eigenvalue weighted by Crippen LogP contribution is 2.32. The number of aromatic nitrogens is 1. The van der Waals surface area contributed by atoms with Gasteiger partial charge in [0.2, 0.25) is 0 Å². The van der Waals surface area contributed by atoms with E-state index in [9.17, 15) is 0 Å². The van der Waals surface area contributed by atoms with Crippen molar-refractivity contribution in [1.29, 1.82) is 0 Å². The number of hydrogen-bond donors (Lipinski definition) is 0. The van der Waals surface area contributed by atoms with Crippen LogP contribution in [0.2, 0.25) is 0 Å². The molecular weight excluding hydrogens is 667 g/mol. The van der Waals surface area contributed by atoms with Crippen molar-refractivity contribution in [3.63, 3.8) is 0 Å². The number of hydrogen-bond acceptors (Lipinski definition) is 3. The molecule has 9 aromatic rings. The first-order chi connectivity index (χ1) is 27.2. The van der Waals surface area contributed by atoms with Crippen LogP contribution in [-0.4, -0.2) is 17.4 Å². The molecule has 0 amide bonds. The molecule has 0 aliphatic heterocycles. The van der Waals surface area contributed by atoms with E-state index in [1.54, 1.807) is 0 Å². The van der Waals surface area contributed by atoms with E-state index in [-0.39, 0.29) is 0 Å². The molecule has 0 bridgehead atoms. The van der Waals surface area contributed by atoms with Crippen LogP contribution in [0.4, 0.5) is 0 Å². The van der Waals surface area contributed by atoms with Crippen molar-refractivity contribution >= 4 is 50.4 Å². The van der Waals surface area contributed by atoms with Gasteiger partial charge >= 0.3 is 0 Å². The zero-order chi connectivity index (χ0) is 37.0. The number of aliphatic imine (C=N–C) groups is 2. The van der Waals surface area contributed by atoms with Gasteiger partial charge in [-0.1, -0.05) is 170 Å². The third-order valence-corrected chi connectivity index (χ3v) is 10.3. The molecule has 3 heteroatoms. The predicted molar refractivity (Wildman–Crippen MR) is 234 cm³/mol. The second-order valence-electron chi connectivity index (χ2n) is 13.7. The first kappa shape index (κ1) is 33.6. The van der Waals surface area contributed by atoms with Gasteiger partial charge in [-0.3, -0.25) is 15.0 Å². The monoisotopic (exact) mass is 703 g/mol. The van der Waals surface area contributed by atoms with Crippen molar-refractivity contribution in [1.82, 2.24) is 4.98 Å². The molecule has 0 saturated heterocycles. The summed E-state index contributed by atoms with van der Waals surface area (Å²) in [5.41, 5.74) is 11.6. The Morgan fingerprint density at radius 2 is 1.13 bits per heavy atom. The molecule has 55 heavy (non-hydrogen) atoms. The summed E-state index contributed by atoms with van der Waals surface area (Å²) >= 11 is 0. The van der Waals surface area contributed by atoms with E-state index in [0.29, 0.717) is 6.54 Å². The molecule has 0 aliphatic rings. The smallest absolute Gasteiger partial charge is 0.0716 e. The molecule has 0 unspecified atom stereocenters. The van der Waals surface area contributed by atoms with Crippen molar-refractivity contribution in [3.8, 4) is 33.4 Å². The highest BCUT2D eigenvalue weighted by atomic mass is 14.8. The van der Waals surface area contributed by atoms with Crippen LogP contribution in [0.15, 0.2) is 210 Å². The minimum absolute atomic E-state index is 0.514. The molecule has 0 fully saturated rings. The molecule has 0 spiro atoms. The molecule has 1 heterocycles. The lowest BCUT2D eigenvalue weighted by molar-refractivity contribution is 1.07. The Morgan fingerprint density at radius 1 is 0.473 bits per heavy atom. The minimum Gasteiger partial charge on any atom is -0.280 e. The van der Waals surface area contributed by atoms with E-state index < -0.39 is 0 Å². The summed E-state index contributed by atoms with van der Waals surface area (Å²) in [7, 11) is 0. The van der Waals surface area contributed by atoms with Crippen LogP contribution in [0.3, 0.4) is 0 Å². The Labute approximate surface area is 321 Å². The van der Waals surface area contributed by atoms with E-state index >= 15 is 0 Å². The first-order valence-electron chi connectivity index (χ1n) is 18.5. The topological polar surface area (TPSA) is 37.6 Å². The highest BCUT2D eigenvalue weighted by molar-refractivity contribution is 6.13. The van der Waals surface area contributed by atoms with Gasteiger partial charge in [0.1, 0.15) is 0 Å². The maximum atomic E-state index is 5.26. The Bertz CT molecular complexity index is 2890. The molecule has 3 nitrogen and oxygen atoms in total. The van der Waals surface area contributed by atoms with Crippen LogP contribution in [0.25, 0.3) is 71.4 Å². The van der Waals surface area contributed by atoms with Crippen molar-refractivity contribution in [2.45, 2.75) is 6.54 Å². The average molecular weight is 704 g/mol. The molecule has 8 aromatic carbocycles. The molecule has 0 saturated carbocycles. The Kier molecular flexibility index (Phi) is 9.17. The largest absolute Gasteiger partial charge is 0.280 e. The Hall–Kier alpha value is -7.23. The summed E-state index contributed by atoms with van der Waals surface area (Å²) in [5.74, 6) is 0. The van der Waals surface area contributed by atoms with Crippen LogP contribution in [0, 0.1) is 0 Å². The SMILES string of the molecule is C=N/C(=C\C(=NCc1ccc(-c2ccc3ccccc3c2)cc1)c1cccc(-c2cccc3ccccc23)c1)c1ccc(-c2cncc3ccccc23)cc1. The maximum absolute atomic E-state index is 5.26. The fourth-order valence-electron chi connectivity index (χ4n) is 7.41. The number of benzene rings is 8. The van der Waals surface area contributed by atoms with Crippen molar-refractivity contribution in [3.05, 3.63) is 217 Å². The van der Waals surface area contributed by atoms with Gasteiger partial charge in [-0.15, -0.1) is 0 Å². The lowest BCUT2D eigenvalue weighted by Crippen LogP contribution is -2.01. The van der Waals surface area contributed by atoms with Crippen LogP contribution >= 0.6 is 0 Å². The Morgan fingerprint density at radius 3 is 1.93 bits per heavy atom. The van der Waals surface area contributed by atoms with Gasteiger partial charge in [-0.2, -0.15) is 0 Å². The second-order valence-corrected chi connectivity index (χ2v) is 13.7. The Balaban J connectivity index is 1.08. The number of nitrogens with zero attached hydrogens (tertiary/aromatic N) is 3. The molecule has 0 radical (unpaired) electrons. The third kappa shape index (κ3) is 6.99. The summed E-state index contributed by atoms with van der Waals surface area (Å²) < 4.78 is 0. The molecule has 260 valence electrons. The number of fused-ring (bicyclic) bond motifs is 3. The summed E-state index contributed by atoms with van der Waals surface area (Å²) in [5, 5.41) is 7.21. The summed E-state index contributed by atoms with van der Waals surface area (Å²) in [6.45, 7) is 4.51. The standard InChI is InChI=1S/C52H37N3/c1-53-51(41-27-25-40(26-28-41)50-35-54-34-46-13-5-7-18-49(46)50)32-52(45-16-8-15-44(31-45)48-19-9-14-39-11-4-6-17-47(39)48)55-33-36-20-22-38(23-21-36)43-29-24-37-10-2-3-12-42(37)30-43/h2-32,34-35H,1,33H2/b51-32-,55-52?. The van der Waals surface area contributed by atoms with Gasteiger partial charge < -0.3 is 0 Å². The molecule has 0 aliphatic carbocycles. The zero-order valence-electron chi connectivity index (χ0n) is 30.3. The third-order valence-electron chi connectivity index (χ3n) is 10.3. The molecular formula is C52H37N3. The van der Waals surface area contributed by atoms with Gasteiger partial charge in [0.05, 0.1) is 18.0 Å². The van der Waals surface area contributed by atoms with Gasteiger partial charge in [0.15, 0.2) is 0 Å². The van der Waals surface area contributed by atoms with Crippen LogP contribution < -0.4 is 0 Å². The summed E-state index contributed by atoms with van der Waals surface area (Å²) in [6.07, 6.45) is 5.90. The van der Waals surface area contributed by atoms with E-state index in [4.69, 9.17) is 4.99 Å². The number of pyridine rings is 1. The van der Waals surface area contributed by atoms with Gasteiger partial charge in [0.25, 0.3) is 0 Å². The predicted octanol–water partition coefficient (Wildman–Crippen LogP) is 13.3. The van der Waals surface area contributed by atoms with Crippen LogP contribution in [0.1, 0.15) is 16.7 Å². The number of rotatable bonds is 9. The quantitative estimate of drug-likeness (QED) is 0.138. The van der Waals surface area contributed by atoms with Crippen molar-refractivity contribution in [2.24, 2.45) is 9.98 Å². The van der Waals surface area contributed by atoms with Gasteiger partial charge in [0, 0.05) is 34.5 Å². The maximum Gasteiger partial charge on any atom is 0.0716 e. The zero-order valence-corrected chi connectivity index (χ0v) is 30.3. The molecule has 1 aromatic heterocycles. The van der Waals surface area contributed by atoms with Gasteiger partial charge in [-0.25, -0.2) is 0 Å². The van der Waals surface area contributed by atoms with E-state index in [0.717, 1.165) is 50.2 Å². The minimum atomic E-state index is 0.514. The fraction of sp³-hybridized carbons (Fsp3) is 0.0192. The van der Waals surface area contributed by atoms with Gasteiger partial charge in [-0.05, 0) is 85.2 Å². The normalized spacial score (nSPS) is 12.0. The first-order valence-corrected chi connectivity index (χ1v) is 18.5. The van der Waals surface area contributed by atoms with Crippen molar-refractivity contribution < 1.29 is 0 Å². The highest BCUT2D eigenvalue weighted by Gasteiger charge is 2.11. The second kappa shape index (κ2) is 15.0. The average Bonchev–Trinajstić information content (AvgIpc) is 3.26. The molecule has 0 atom stereocenters. The summed E-state index contributed by atoms with van der Waals surface area (Å²) in [6, 6.07) is 64.3. The van der Waals surface area contributed by atoms with Crippen LogP contribution in [-0.2, 0) is 6.54 Å². The fourth-order valence-corrected chi connectivity index (χ4v) is 7.41. The van der Waals surface area contributed by atoms with E-state index in [2.05, 4.69) is 199 Å². The van der Waals surface area contributed by atoms with Crippen LogP contribution in [0.5, 0.6) is 0 Å². The van der Waals surface area contributed by atoms with E-state index in [1.165, 1.54) is 43.6 Å². The number of allylic oxidation sites excluding steroid dienone is 1. The van der Waals surface area contributed by atoms with E-state index in [1.807, 2.05) is 18.5 Å².